The first-order valence-corrected chi connectivity index (χ1v) is 8.86. The standard InChI is InChI=1S/C20H23FN4O4/c1-29-16-8-2-13(3-9-16)12-17(19(22)25-18(27)10-11-26)24-20(28)23-15-6-4-14(21)5-7-15/h2-9,17,26H,10-12H2,1H3,(H2,22,25,27)(H2,23,24,28)/t17-/m0/s1. The lowest BCUT2D eigenvalue weighted by Gasteiger charge is -2.21. The number of rotatable bonds is 8. The molecule has 0 fully saturated rings. The summed E-state index contributed by atoms with van der Waals surface area (Å²) in [5, 5.41) is 24.6. The van der Waals surface area contributed by atoms with Gasteiger partial charge in [-0.3, -0.25) is 10.2 Å². The minimum atomic E-state index is -0.841. The summed E-state index contributed by atoms with van der Waals surface area (Å²) in [6, 6.07) is 10.8. The number of hydrogen-bond donors (Lipinski definition) is 5. The van der Waals surface area contributed by atoms with Crippen LogP contribution in [-0.4, -0.2) is 42.6 Å². The van der Waals surface area contributed by atoms with Crippen LogP contribution in [0.3, 0.4) is 0 Å². The van der Waals surface area contributed by atoms with E-state index >= 15 is 0 Å². The molecule has 0 heterocycles. The molecule has 9 heteroatoms. The van der Waals surface area contributed by atoms with Gasteiger partial charge >= 0.3 is 6.03 Å². The van der Waals surface area contributed by atoms with Crippen LogP contribution < -0.4 is 20.7 Å². The Bertz CT molecular complexity index is 841. The Morgan fingerprint density at radius 2 is 1.79 bits per heavy atom. The van der Waals surface area contributed by atoms with E-state index in [-0.39, 0.29) is 25.3 Å². The van der Waals surface area contributed by atoms with Gasteiger partial charge in [-0.25, -0.2) is 9.18 Å². The normalized spacial score (nSPS) is 11.3. The van der Waals surface area contributed by atoms with Gasteiger partial charge in [0.25, 0.3) is 0 Å². The Morgan fingerprint density at radius 1 is 1.14 bits per heavy atom. The number of nitrogens with one attached hydrogen (secondary N) is 4. The van der Waals surface area contributed by atoms with Gasteiger partial charge in [-0.15, -0.1) is 0 Å². The lowest BCUT2D eigenvalue weighted by atomic mass is 10.0. The minimum absolute atomic E-state index is 0.153. The molecule has 0 saturated heterocycles. The summed E-state index contributed by atoms with van der Waals surface area (Å²) in [4.78, 5) is 24.0. The largest absolute Gasteiger partial charge is 0.497 e. The van der Waals surface area contributed by atoms with Gasteiger partial charge in [0.1, 0.15) is 17.4 Å². The first kappa shape index (κ1) is 21.8. The average molecular weight is 402 g/mol. The van der Waals surface area contributed by atoms with Crippen molar-refractivity contribution in [3.63, 3.8) is 0 Å². The number of benzene rings is 2. The van der Waals surface area contributed by atoms with Crippen LogP contribution in [0.4, 0.5) is 14.9 Å². The van der Waals surface area contributed by atoms with E-state index in [1.54, 1.807) is 31.4 Å². The van der Waals surface area contributed by atoms with E-state index in [0.717, 1.165) is 5.56 Å². The second-order valence-corrected chi connectivity index (χ2v) is 6.15. The maximum atomic E-state index is 13.0. The van der Waals surface area contributed by atoms with Gasteiger partial charge < -0.3 is 25.8 Å². The number of carbonyl (C=O) groups excluding carboxylic acids is 2. The summed E-state index contributed by atoms with van der Waals surface area (Å²) in [5.41, 5.74) is 1.18. The molecule has 154 valence electrons. The highest BCUT2D eigenvalue weighted by atomic mass is 19.1. The number of amides is 3. The molecule has 0 unspecified atom stereocenters. The van der Waals surface area contributed by atoms with Crippen LogP contribution in [0.2, 0.25) is 0 Å². The lowest BCUT2D eigenvalue weighted by molar-refractivity contribution is -0.120. The smallest absolute Gasteiger partial charge is 0.319 e. The molecule has 3 amide bonds. The first-order valence-electron chi connectivity index (χ1n) is 8.86. The van der Waals surface area contributed by atoms with Crippen molar-refractivity contribution in [2.24, 2.45) is 0 Å². The Kier molecular flexibility index (Phi) is 8.11. The van der Waals surface area contributed by atoms with Crippen molar-refractivity contribution in [2.75, 3.05) is 19.0 Å². The van der Waals surface area contributed by atoms with Crippen molar-refractivity contribution in [2.45, 2.75) is 18.9 Å². The van der Waals surface area contributed by atoms with E-state index in [0.29, 0.717) is 11.4 Å². The third-order valence-corrected chi connectivity index (χ3v) is 3.97. The number of hydrogen-bond acceptors (Lipinski definition) is 5. The van der Waals surface area contributed by atoms with E-state index in [1.807, 2.05) is 0 Å². The number of aliphatic hydroxyl groups excluding tert-OH is 1. The summed E-state index contributed by atoms with van der Waals surface area (Å²) in [6.45, 7) is -0.346. The highest BCUT2D eigenvalue weighted by Crippen LogP contribution is 2.13. The number of halogens is 1. The first-order chi connectivity index (χ1) is 13.9. The van der Waals surface area contributed by atoms with E-state index in [9.17, 15) is 14.0 Å². The fourth-order valence-electron chi connectivity index (χ4n) is 2.48. The fraction of sp³-hybridized carbons (Fsp3) is 0.250. The number of anilines is 1. The molecule has 8 nitrogen and oxygen atoms in total. The summed E-state index contributed by atoms with van der Waals surface area (Å²) >= 11 is 0. The highest BCUT2D eigenvalue weighted by molar-refractivity contribution is 6.01. The molecule has 0 aliphatic rings. The number of amidine groups is 1. The minimum Gasteiger partial charge on any atom is -0.497 e. The summed E-state index contributed by atoms with van der Waals surface area (Å²) in [7, 11) is 1.55. The SMILES string of the molecule is COc1ccc(C[C@H](NC(=O)Nc2ccc(F)cc2)C(=N)NC(=O)CCO)cc1. The molecule has 5 N–H and O–H groups in total. The van der Waals surface area contributed by atoms with E-state index < -0.39 is 23.8 Å². The molecule has 0 aliphatic heterocycles. The summed E-state index contributed by atoms with van der Waals surface area (Å²) in [5.74, 6) is -0.508. The third kappa shape index (κ3) is 7.23. The maximum absolute atomic E-state index is 13.0. The predicted octanol–water partition coefficient (Wildman–Crippen LogP) is 2.04. The molecule has 29 heavy (non-hydrogen) atoms. The zero-order valence-electron chi connectivity index (χ0n) is 15.9. The Morgan fingerprint density at radius 3 is 2.38 bits per heavy atom. The van der Waals surface area contributed by atoms with Crippen LogP contribution in [0.25, 0.3) is 0 Å². The molecule has 0 spiro atoms. The van der Waals surface area contributed by atoms with Gasteiger partial charge in [0.15, 0.2) is 0 Å². The Hall–Kier alpha value is -3.46. The number of ether oxygens (including phenoxy) is 1. The van der Waals surface area contributed by atoms with E-state index in [1.165, 1.54) is 24.3 Å². The molecule has 2 aromatic carbocycles. The van der Waals surface area contributed by atoms with E-state index in [4.69, 9.17) is 15.3 Å². The molecule has 2 aromatic rings. The summed E-state index contributed by atoms with van der Waals surface area (Å²) < 4.78 is 18.1. The molecule has 0 saturated carbocycles. The van der Waals surface area contributed by atoms with Gasteiger partial charge in [-0.2, -0.15) is 0 Å². The molecule has 2 rings (SSSR count). The number of aliphatic hydroxyl groups is 1. The van der Waals surface area contributed by atoms with Crippen LogP contribution in [0.1, 0.15) is 12.0 Å². The molecular formula is C20H23FN4O4. The van der Waals surface area contributed by atoms with Gasteiger partial charge in [0, 0.05) is 5.69 Å². The van der Waals surface area contributed by atoms with Gasteiger partial charge in [-0.05, 0) is 48.4 Å². The molecule has 0 bridgehead atoms. The van der Waals surface area contributed by atoms with Gasteiger partial charge in [0.2, 0.25) is 5.91 Å². The zero-order chi connectivity index (χ0) is 21.2. The lowest BCUT2D eigenvalue weighted by Crippen LogP contribution is -2.50. The second-order valence-electron chi connectivity index (χ2n) is 6.15. The topological polar surface area (TPSA) is 124 Å². The monoisotopic (exact) mass is 402 g/mol. The van der Waals surface area contributed by atoms with Crippen LogP contribution in [0.5, 0.6) is 5.75 Å². The van der Waals surface area contributed by atoms with Crippen LogP contribution in [0, 0.1) is 11.2 Å². The quantitative estimate of drug-likeness (QED) is 0.342. The predicted molar refractivity (Wildman–Crippen MR) is 107 cm³/mol. The number of carbonyl (C=O) groups is 2. The van der Waals surface area contributed by atoms with E-state index in [2.05, 4.69) is 16.0 Å². The number of urea groups is 1. The van der Waals surface area contributed by atoms with Crippen molar-refractivity contribution in [3.05, 3.63) is 59.9 Å². The van der Waals surface area contributed by atoms with Crippen LogP contribution in [-0.2, 0) is 11.2 Å². The Labute approximate surface area is 167 Å². The molecule has 0 aliphatic carbocycles. The number of methoxy groups -OCH3 is 1. The van der Waals surface area contributed by atoms with Crippen LogP contribution in [0.15, 0.2) is 48.5 Å². The van der Waals surface area contributed by atoms with Crippen molar-refractivity contribution in [1.82, 2.24) is 10.6 Å². The molecule has 1 atom stereocenters. The zero-order valence-corrected chi connectivity index (χ0v) is 15.9. The molecule has 0 aromatic heterocycles. The average Bonchev–Trinajstić information content (AvgIpc) is 2.70. The second kappa shape index (κ2) is 10.8. The maximum Gasteiger partial charge on any atom is 0.319 e. The van der Waals surface area contributed by atoms with Crippen LogP contribution >= 0.6 is 0 Å². The van der Waals surface area contributed by atoms with Crippen molar-refractivity contribution in [1.29, 1.82) is 5.41 Å². The van der Waals surface area contributed by atoms with Gasteiger partial charge in [0.05, 0.1) is 26.2 Å². The molecular weight excluding hydrogens is 379 g/mol. The van der Waals surface area contributed by atoms with Crippen molar-refractivity contribution >= 4 is 23.5 Å². The van der Waals surface area contributed by atoms with Crippen molar-refractivity contribution in [3.8, 4) is 5.75 Å². The molecule has 0 radical (unpaired) electrons. The summed E-state index contributed by atoms with van der Waals surface area (Å²) in [6.07, 6.45) is 0.0818. The van der Waals surface area contributed by atoms with Gasteiger partial charge in [-0.1, -0.05) is 12.1 Å². The third-order valence-electron chi connectivity index (χ3n) is 3.97. The Balaban J connectivity index is 2.09. The highest BCUT2D eigenvalue weighted by Gasteiger charge is 2.20. The van der Waals surface area contributed by atoms with Crippen molar-refractivity contribution < 1.29 is 23.8 Å². The fourth-order valence-corrected chi connectivity index (χ4v) is 2.48.